The molecule has 0 saturated heterocycles. The van der Waals surface area contributed by atoms with Crippen LogP contribution in [0.3, 0.4) is 0 Å². The molecule has 1 heterocycles. The quantitative estimate of drug-likeness (QED) is 0.440. The van der Waals surface area contributed by atoms with Crippen molar-refractivity contribution in [2.24, 2.45) is 4.99 Å². The second-order valence-corrected chi connectivity index (χ2v) is 0.887. The predicted octanol–water partition coefficient (Wildman–Crippen LogP) is 0.170. The first-order valence-corrected chi connectivity index (χ1v) is 1.68. The molecule has 2 nitrogen and oxygen atoms in total. The minimum atomic E-state index is 1.57. The molecule has 1 N–H and O–H groups in total. The van der Waals surface area contributed by atoms with Crippen LogP contribution in [0.25, 0.3) is 0 Å². The summed E-state index contributed by atoms with van der Waals surface area (Å²) in [6, 6.07) is 0. The zero-order valence-electron chi connectivity index (χ0n) is 3.18. The van der Waals surface area contributed by atoms with Crippen LogP contribution in [0, 0.1) is 6.54 Å². The highest BCUT2D eigenvalue weighted by Gasteiger charge is 1.76. The van der Waals surface area contributed by atoms with Crippen molar-refractivity contribution in [1.29, 1.82) is 0 Å². The van der Waals surface area contributed by atoms with E-state index < -0.39 is 0 Å². The van der Waals surface area contributed by atoms with Gasteiger partial charge in [-0.25, -0.2) is 0 Å². The Balaban J connectivity index is 2.40. The lowest BCUT2D eigenvalue weighted by Crippen LogP contribution is -2.02. The molecule has 1 rings (SSSR count). The first-order valence-electron chi connectivity index (χ1n) is 1.68. The van der Waals surface area contributed by atoms with Crippen LogP contribution in [0.15, 0.2) is 17.3 Å². The molecule has 6 heavy (non-hydrogen) atoms. The van der Waals surface area contributed by atoms with Gasteiger partial charge in [0.1, 0.15) is 6.54 Å². The first kappa shape index (κ1) is 3.40. The fraction of sp³-hybridized carbons (Fsp3) is 0. The van der Waals surface area contributed by atoms with Gasteiger partial charge < -0.3 is 5.32 Å². The topological polar surface area (TPSA) is 24.4 Å². The van der Waals surface area contributed by atoms with E-state index in [0.717, 1.165) is 0 Å². The van der Waals surface area contributed by atoms with Gasteiger partial charge in [-0.15, -0.1) is 0 Å². The van der Waals surface area contributed by atoms with E-state index in [0.29, 0.717) is 0 Å². The van der Waals surface area contributed by atoms with Crippen molar-refractivity contribution in [3.05, 3.63) is 18.8 Å². The van der Waals surface area contributed by atoms with Gasteiger partial charge in [-0.1, -0.05) is 0 Å². The summed E-state index contributed by atoms with van der Waals surface area (Å²) in [4.78, 5) is 3.60. The van der Waals surface area contributed by atoms with Crippen LogP contribution in [0.4, 0.5) is 0 Å². The number of nitrogens with one attached hydrogen (secondary N) is 1. The maximum Gasteiger partial charge on any atom is 0.145 e. The summed E-state index contributed by atoms with van der Waals surface area (Å²) in [7, 11) is 0. The lowest BCUT2D eigenvalue weighted by atomic mass is 10.6. The van der Waals surface area contributed by atoms with Gasteiger partial charge in [-0.05, 0) is 6.08 Å². The minimum absolute atomic E-state index is 1.57. The molecule has 0 bridgehead atoms. The molecule has 2 heteroatoms. The number of hydrogen-bond acceptors (Lipinski definition) is 2. The van der Waals surface area contributed by atoms with Gasteiger partial charge in [-0.3, -0.25) is 4.99 Å². The Hall–Kier alpha value is -0.790. The molecule has 0 aromatic carbocycles. The number of nitrogens with zero attached hydrogens (tertiary/aromatic N) is 1. The lowest BCUT2D eigenvalue weighted by Gasteiger charge is -1.90. The Morgan fingerprint density at radius 3 is 2.83 bits per heavy atom. The average molecular weight is 80.1 g/mol. The lowest BCUT2D eigenvalue weighted by molar-refractivity contribution is 1.22. The molecule has 0 saturated carbocycles. The molecular formula is C4H4N2. The van der Waals surface area contributed by atoms with Gasteiger partial charge in [0, 0.05) is 6.20 Å². The van der Waals surface area contributed by atoms with Gasteiger partial charge >= 0.3 is 0 Å². The Labute approximate surface area is 36.6 Å². The maximum atomic E-state index is 3.60. The van der Waals surface area contributed by atoms with Crippen molar-refractivity contribution in [2.75, 3.05) is 0 Å². The van der Waals surface area contributed by atoms with E-state index in [1.165, 1.54) is 0 Å². The van der Waals surface area contributed by atoms with Gasteiger partial charge in [0.2, 0.25) is 0 Å². The van der Waals surface area contributed by atoms with E-state index in [2.05, 4.69) is 16.9 Å². The average Bonchev–Trinajstić information content (AvgIpc) is 1.72. The van der Waals surface area contributed by atoms with Crippen LogP contribution in [0.5, 0.6) is 0 Å². The Bertz CT molecular complexity index is 63.5. The van der Waals surface area contributed by atoms with E-state index in [-0.39, 0.29) is 0 Å². The minimum Gasteiger partial charge on any atom is -0.353 e. The molecule has 1 aliphatic rings. The van der Waals surface area contributed by atoms with Crippen molar-refractivity contribution in [3.63, 3.8) is 0 Å². The number of rotatable bonds is 0. The van der Waals surface area contributed by atoms with E-state index in [1.54, 1.807) is 18.6 Å². The van der Waals surface area contributed by atoms with Gasteiger partial charge in [0.25, 0.3) is 0 Å². The van der Waals surface area contributed by atoms with Gasteiger partial charge in [0.15, 0.2) is 0 Å². The van der Waals surface area contributed by atoms with Crippen LogP contribution in [-0.4, -0.2) is 6.34 Å². The molecule has 0 aromatic heterocycles. The standard InChI is InChI=1S/C4H4N2/c1-2-5-4-6-3-1/h1-2,4-5H. The Kier molecular flexibility index (Phi) is 0.906. The fourth-order valence-electron chi connectivity index (χ4n) is 0.246. The summed E-state index contributed by atoms with van der Waals surface area (Å²) < 4.78 is 0. The highest BCUT2D eigenvalue weighted by atomic mass is 14.9. The van der Waals surface area contributed by atoms with Crippen LogP contribution < -0.4 is 5.32 Å². The Morgan fingerprint density at radius 1 is 1.67 bits per heavy atom. The summed E-state index contributed by atoms with van der Waals surface area (Å²) in [6.45, 7) is 2.61. The van der Waals surface area contributed by atoms with Crippen molar-refractivity contribution >= 4 is 6.34 Å². The molecule has 0 spiro atoms. The van der Waals surface area contributed by atoms with Crippen LogP contribution in [0.2, 0.25) is 0 Å². The molecule has 1 aliphatic heterocycles. The largest absolute Gasteiger partial charge is 0.353 e. The summed E-state index contributed by atoms with van der Waals surface area (Å²) in [6.07, 6.45) is 5.03. The van der Waals surface area contributed by atoms with E-state index in [9.17, 15) is 0 Å². The molecule has 0 amide bonds. The van der Waals surface area contributed by atoms with Gasteiger partial charge in [0.05, 0.1) is 6.34 Å². The monoisotopic (exact) mass is 80.0 g/mol. The second kappa shape index (κ2) is 1.60. The van der Waals surface area contributed by atoms with Crippen LogP contribution >= 0.6 is 0 Å². The molecule has 0 aliphatic carbocycles. The fourth-order valence-corrected chi connectivity index (χ4v) is 0.246. The molecule has 0 atom stereocenters. The van der Waals surface area contributed by atoms with Crippen molar-refractivity contribution in [3.8, 4) is 0 Å². The summed E-state index contributed by atoms with van der Waals surface area (Å²) in [5, 5.41) is 2.75. The van der Waals surface area contributed by atoms with Crippen molar-refractivity contribution in [2.45, 2.75) is 0 Å². The summed E-state index contributed by atoms with van der Waals surface area (Å²) in [5.74, 6) is 0. The van der Waals surface area contributed by atoms with Crippen molar-refractivity contribution in [1.82, 2.24) is 5.32 Å². The van der Waals surface area contributed by atoms with Crippen LogP contribution in [-0.2, 0) is 0 Å². The summed E-state index contributed by atoms with van der Waals surface area (Å²) in [5.41, 5.74) is 0. The highest BCUT2D eigenvalue weighted by molar-refractivity contribution is 5.58. The third-order valence-corrected chi connectivity index (χ3v) is 0.468. The number of aliphatic imine (C=N–C) groups is 1. The zero-order chi connectivity index (χ0) is 4.24. The Morgan fingerprint density at radius 2 is 2.67 bits per heavy atom. The van der Waals surface area contributed by atoms with E-state index in [1.807, 2.05) is 0 Å². The first-order chi connectivity index (χ1) is 3.00. The smallest absolute Gasteiger partial charge is 0.145 e. The summed E-state index contributed by atoms with van der Waals surface area (Å²) >= 11 is 0. The maximum absolute atomic E-state index is 3.60. The molecule has 0 unspecified atom stereocenters. The highest BCUT2D eigenvalue weighted by Crippen LogP contribution is 1.81. The molecule has 0 aromatic rings. The molecular weight excluding hydrogens is 76.1 g/mol. The predicted molar refractivity (Wildman–Crippen MR) is 24.0 cm³/mol. The van der Waals surface area contributed by atoms with E-state index in [4.69, 9.17) is 0 Å². The zero-order valence-corrected chi connectivity index (χ0v) is 3.18. The third kappa shape index (κ3) is 0.578. The number of hydrogen-bond donors (Lipinski definition) is 1. The molecule has 2 radical (unpaired) electrons. The van der Waals surface area contributed by atoms with E-state index >= 15 is 0 Å². The third-order valence-electron chi connectivity index (χ3n) is 0.468. The van der Waals surface area contributed by atoms with Gasteiger partial charge in [-0.2, -0.15) is 0 Å². The van der Waals surface area contributed by atoms with Crippen LogP contribution in [0.1, 0.15) is 0 Å². The van der Waals surface area contributed by atoms with Crippen molar-refractivity contribution < 1.29 is 0 Å². The second-order valence-electron chi connectivity index (χ2n) is 0.887. The SMILES string of the molecule is [C]1C=CNC=N1. The molecule has 30 valence electrons. The molecule has 0 fully saturated rings. The normalized spacial score (nSPS) is 17.3.